The normalized spacial score (nSPS) is 19.5. The van der Waals surface area contributed by atoms with Crippen molar-refractivity contribution in [2.45, 2.75) is 44.8 Å². The second kappa shape index (κ2) is 6.70. The molecule has 7 nitrogen and oxygen atoms in total. The maximum absolute atomic E-state index is 12.7. The van der Waals surface area contributed by atoms with E-state index < -0.39 is 11.1 Å². The zero-order valence-corrected chi connectivity index (χ0v) is 15.9. The van der Waals surface area contributed by atoms with E-state index in [1.807, 2.05) is 45.0 Å². The van der Waals surface area contributed by atoms with Crippen LogP contribution in [0.1, 0.15) is 33.6 Å². The quantitative estimate of drug-likeness (QED) is 0.876. The van der Waals surface area contributed by atoms with E-state index in [-0.39, 0.29) is 12.0 Å². The average molecular weight is 361 g/mol. The van der Waals surface area contributed by atoms with E-state index in [1.165, 1.54) is 0 Å². The molecule has 26 heavy (non-hydrogen) atoms. The van der Waals surface area contributed by atoms with Crippen LogP contribution in [0.3, 0.4) is 0 Å². The molecule has 0 aromatic heterocycles. The Bertz CT molecular complexity index is 673. The molecule has 0 saturated carbocycles. The third-order valence-corrected chi connectivity index (χ3v) is 4.96. The summed E-state index contributed by atoms with van der Waals surface area (Å²) in [7, 11) is 1.63. The third kappa shape index (κ3) is 3.43. The highest BCUT2D eigenvalue weighted by atomic mass is 16.6. The summed E-state index contributed by atoms with van der Waals surface area (Å²) in [6.07, 6.45) is 0.829. The summed E-state index contributed by atoms with van der Waals surface area (Å²) in [4.78, 5) is 28.7. The minimum atomic E-state index is -0.618. The molecule has 0 atom stereocenters. The Morgan fingerprint density at radius 2 is 1.77 bits per heavy atom. The van der Waals surface area contributed by atoms with Gasteiger partial charge in [0.1, 0.15) is 16.9 Å². The molecule has 2 saturated heterocycles. The van der Waals surface area contributed by atoms with Crippen molar-refractivity contribution in [3.63, 3.8) is 0 Å². The number of rotatable bonds is 2. The fourth-order valence-corrected chi connectivity index (χ4v) is 3.57. The smallest absolute Gasteiger partial charge is 0.410 e. The van der Waals surface area contributed by atoms with Crippen LogP contribution in [0.25, 0.3) is 0 Å². The van der Waals surface area contributed by atoms with Gasteiger partial charge in [-0.25, -0.2) is 4.79 Å². The number of anilines is 1. The number of carbonyl (C=O) groups is 2. The minimum absolute atomic E-state index is 0.0251. The number of likely N-dealkylation sites (tertiary alicyclic amines) is 1. The molecule has 2 fully saturated rings. The van der Waals surface area contributed by atoms with Crippen molar-refractivity contribution in [1.29, 1.82) is 0 Å². The molecule has 2 aliphatic rings. The number of benzene rings is 1. The molecular formula is C19H27N3O4. The van der Waals surface area contributed by atoms with Gasteiger partial charge in [-0.3, -0.25) is 4.79 Å². The van der Waals surface area contributed by atoms with Crippen molar-refractivity contribution < 1.29 is 19.1 Å². The van der Waals surface area contributed by atoms with Gasteiger partial charge in [-0.2, -0.15) is 0 Å². The molecule has 0 unspecified atom stereocenters. The number of amides is 2. The first-order valence-electron chi connectivity index (χ1n) is 8.93. The lowest BCUT2D eigenvalue weighted by Gasteiger charge is -2.43. The van der Waals surface area contributed by atoms with E-state index in [2.05, 4.69) is 10.2 Å². The van der Waals surface area contributed by atoms with Crippen molar-refractivity contribution in [1.82, 2.24) is 10.2 Å². The molecule has 0 bridgehead atoms. The summed E-state index contributed by atoms with van der Waals surface area (Å²) in [5.74, 6) is 0.804. The number of hydrogen-bond donors (Lipinski definition) is 1. The highest BCUT2D eigenvalue weighted by Gasteiger charge is 2.51. The van der Waals surface area contributed by atoms with Gasteiger partial charge in [0.05, 0.1) is 13.8 Å². The number of ether oxygens (including phenoxy) is 2. The van der Waals surface area contributed by atoms with Gasteiger partial charge in [-0.1, -0.05) is 0 Å². The standard InChI is InChI=1S/C19H27N3O4/c1-18(2,3)26-17(24)21-11-9-19(10-12-21)16(23)20-13-22(19)14-5-7-15(25-4)8-6-14/h5-8H,9-13H2,1-4H3,(H,20,23). The Kier molecular flexibility index (Phi) is 4.73. The molecule has 1 N–H and O–H groups in total. The topological polar surface area (TPSA) is 71.1 Å². The molecule has 2 amide bonds. The number of hydrogen-bond acceptors (Lipinski definition) is 5. The Morgan fingerprint density at radius 1 is 1.15 bits per heavy atom. The minimum Gasteiger partial charge on any atom is -0.497 e. The predicted molar refractivity (Wildman–Crippen MR) is 98.3 cm³/mol. The van der Waals surface area contributed by atoms with E-state index in [9.17, 15) is 9.59 Å². The van der Waals surface area contributed by atoms with E-state index in [4.69, 9.17) is 9.47 Å². The van der Waals surface area contributed by atoms with Crippen LogP contribution in [0.15, 0.2) is 24.3 Å². The second-order valence-electron chi connectivity index (χ2n) is 7.79. The number of carbonyl (C=O) groups excluding carboxylic acids is 2. The third-order valence-electron chi connectivity index (χ3n) is 4.96. The fourth-order valence-electron chi connectivity index (χ4n) is 3.57. The summed E-state index contributed by atoms with van der Waals surface area (Å²) in [5.41, 5.74) is -0.172. The number of nitrogens with one attached hydrogen (secondary N) is 1. The zero-order valence-electron chi connectivity index (χ0n) is 15.9. The largest absolute Gasteiger partial charge is 0.497 e. The number of nitrogens with zero attached hydrogens (tertiary/aromatic N) is 2. The first-order valence-corrected chi connectivity index (χ1v) is 8.93. The first-order chi connectivity index (χ1) is 12.2. The van der Waals surface area contributed by atoms with Crippen molar-refractivity contribution in [2.75, 3.05) is 31.8 Å². The Hall–Kier alpha value is -2.44. The predicted octanol–water partition coefficient (Wildman–Crippen LogP) is 2.36. The molecule has 1 aromatic carbocycles. The maximum atomic E-state index is 12.7. The van der Waals surface area contributed by atoms with E-state index in [0.29, 0.717) is 32.6 Å². The molecule has 1 aromatic rings. The molecule has 0 aliphatic carbocycles. The van der Waals surface area contributed by atoms with Crippen LogP contribution in [0.5, 0.6) is 5.75 Å². The summed E-state index contributed by atoms with van der Waals surface area (Å²) in [6, 6.07) is 7.70. The highest BCUT2D eigenvalue weighted by Crippen LogP contribution is 2.37. The van der Waals surface area contributed by atoms with E-state index in [0.717, 1.165) is 11.4 Å². The van der Waals surface area contributed by atoms with Gasteiger partial charge in [0.15, 0.2) is 0 Å². The van der Waals surface area contributed by atoms with Crippen molar-refractivity contribution in [2.24, 2.45) is 0 Å². The van der Waals surface area contributed by atoms with Crippen molar-refractivity contribution in [3.05, 3.63) is 24.3 Å². The fraction of sp³-hybridized carbons (Fsp3) is 0.579. The van der Waals surface area contributed by atoms with Crippen molar-refractivity contribution in [3.8, 4) is 5.75 Å². The lowest BCUT2D eigenvalue weighted by atomic mass is 9.86. The monoisotopic (exact) mass is 361 g/mol. The maximum Gasteiger partial charge on any atom is 0.410 e. The molecule has 7 heteroatoms. The molecule has 142 valence electrons. The lowest BCUT2D eigenvalue weighted by Crippen LogP contribution is -2.57. The van der Waals surface area contributed by atoms with Crippen LogP contribution >= 0.6 is 0 Å². The van der Waals surface area contributed by atoms with E-state index in [1.54, 1.807) is 12.0 Å². The molecule has 1 spiro atoms. The number of methoxy groups -OCH3 is 1. The Labute approximate surface area is 154 Å². The Morgan fingerprint density at radius 3 is 2.31 bits per heavy atom. The van der Waals surface area contributed by atoms with Gasteiger partial charge in [0.25, 0.3) is 0 Å². The summed E-state index contributed by atoms with van der Waals surface area (Å²) >= 11 is 0. The van der Waals surface area contributed by atoms with Crippen LogP contribution < -0.4 is 15.0 Å². The molecular weight excluding hydrogens is 334 g/mol. The van der Waals surface area contributed by atoms with Gasteiger partial charge < -0.3 is 24.6 Å². The van der Waals surface area contributed by atoms with Gasteiger partial charge >= 0.3 is 6.09 Å². The number of piperidine rings is 1. The van der Waals surface area contributed by atoms with Crippen LogP contribution in [0.2, 0.25) is 0 Å². The van der Waals surface area contributed by atoms with Crippen LogP contribution in [-0.4, -0.2) is 54.9 Å². The second-order valence-corrected chi connectivity index (χ2v) is 7.79. The van der Waals surface area contributed by atoms with E-state index >= 15 is 0 Å². The van der Waals surface area contributed by atoms with Gasteiger partial charge in [-0.15, -0.1) is 0 Å². The summed E-state index contributed by atoms with van der Waals surface area (Å²) < 4.78 is 10.7. The lowest BCUT2D eigenvalue weighted by molar-refractivity contribution is -0.125. The molecule has 2 aliphatic heterocycles. The SMILES string of the molecule is COc1ccc(N2CNC(=O)C23CCN(C(=O)OC(C)(C)C)CC3)cc1. The molecule has 0 radical (unpaired) electrons. The van der Waals surface area contributed by atoms with Crippen LogP contribution in [-0.2, 0) is 9.53 Å². The van der Waals surface area contributed by atoms with Gasteiger partial charge in [-0.05, 0) is 57.9 Å². The zero-order chi connectivity index (χ0) is 18.9. The molecule has 2 heterocycles. The van der Waals surface area contributed by atoms with Crippen molar-refractivity contribution >= 4 is 17.7 Å². The van der Waals surface area contributed by atoms with Crippen LogP contribution in [0, 0.1) is 0 Å². The summed E-state index contributed by atoms with van der Waals surface area (Å²) in [6.45, 7) is 7.02. The molecule has 3 rings (SSSR count). The highest BCUT2D eigenvalue weighted by molar-refractivity contribution is 5.93. The van der Waals surface area contributed by atoms with Gasteiger partial charge in [0.2, 0.25) is 5.91 Å². The van der Waals surface area contributed by atoms with Gasteiger partial charge in [0, 0.05) is 18.8 Å². The first kappa shape index (κ1) is 18.4. The average Bonchev–Trinajstić information content (AvgIpc) is 2.90. The summed E-state index contributed by atoms with van der Waals surface area (Å²) in [5, 5.41) is 2.96. The Balaban J connectivity index is 1.74. The van der Waals surface area contributed by atoms with Crippen LogP contribution in [0.4, 0.5) is 10.5 Å².